The van der Waals surface area contributed by atoms with Crippen molar-refractivity contribution in [2.45, 2.75) is 25.2 Å². The lowest BCUT2D eigenvalue weighted by molar-refractivity contribution is 0.0376. The van der Waals surface area contributed by atoms with Crippen molar-refractivity contribution in [1.82, 2.24) is 15.5 Å². The number of benzene rings is 1. The van der Waals surface area contributed by atoms with Gasteiger partial charge in [0.05, 0.1) is 20.3 Å². The number of aliphatic imine (C=N–C) groups is 1. The minimum atomic E-state index is 0.485. The van der Waals surface area contributed by atoms with Crippen LogP contribution in [0.15, 0.2) is 34.2 Å². The molecule has 1 saturated heterocycles. The third-order valence-electron chi connectivity index (χ3n) is 4.54. The number of hydrogen-bond acceptors (Lipinski definition) is 5. The highest BCUT2D eigenvalue weighted by Crippen LogP contribution is 2.29. The molecule has 1 fully saturated rings. The molecule has 0 aromatic heterocycles. The molecule has 28 heavy (non-hydrogen) atoms. The molecule has 1 aliphatic rings. The summed E-state index contributed by atoms with van der Waals surface area (Å²) in [5, 5.41) is 6.81. The van der Waals surface area contributed by atoms with Crippen LogP contribution in [0.3, 0.4) is 0 Å². The summed E-state index contributed by atoms with van der Waals surface area (Å²) in [5.74, 6) is 3.36. The van der Waals surface area contributed by atoms with E-state index in [4.69, 9.17) is 14.5 Å². The summed E-state index contributed by atoms with van der Waals surface area (Å²) in [5.41, 5.74) is 0. The Bertz CT molecular complexity index is 579. The number of morpholine rings is 1. The van der Waals surface area contributed by atoms with Gasteiger partial charge in [-0.2, -0.15) is 0 Å². The number of para-hydroxylation sites is 1. The SMILES string of the molecule is CCNC(=NCC(C)CSc1ccccc1OC)NCCCN1CCOCC1. The largest absolute Gasteiger partial charge is 0.496 e. The predicted octanol–water partition coefficient (Wildman–Crippen LogP) is 2.70. The molecule has 0 radical (unpaired) electrons. The number of rotatable bonds is 11. The number of nitrogens with zero attached hydrogens (tertiary/aromatic N) is 2. The maximum Gasteiger partial charge on any atom is 0.191 e. The van der Waals surface area contributed by atoms with E-state index in [1.54, 1.807) is 7.11 Å². The average Bonchev–Trinajstić information content (AvgIpc) is 2.74. The number of nitrogens with one attached hydrogen (secondary N) is 2. The topological polar surface area (TPSA) is 58.1 Å². The van der Waals surface area contributed by atoms with E-state index < -0.39 is 0 Å². The Labute approximate surface area is 174 Å². The number of ether oxygens (including phenoxy) is 2. The molecule has 0 spiro atoms. The lowest BCUT2D eigenvalue weighted by atomic mass is 10.2. The Morgan fingerprint density at radius 2 is 2.07 bits per heavy atom. The standard InChI is InChI=1S/C21H36N4O2S/c1-4-22-21(23-10-7-11-25-12-14-27-15-13-25)24-16-18(2)17-28-20-9-6-5-8-19(20)26-3/h5-6,8-9,18H,4,7,10-17H2,1-3H3,(H2,22,23,24). The predicted molar refractivity (Wildman–Crippen MR) is 119 cm³/mol. The van der Waals surface area contributed by atoms with E-state index in [1.165, 1.54) is 4.90 Å². The highest BCUT2D eigenvalue weighted by Gasteiger charge is 2.10. The molecule has 1 heterocycles. The highest BCUT2D eigenvalue weighted by atomic mass is 32.2. The fraction of sp³-hybridized carbons (Fsp3) is 0.667. The summed E-state index contributed by atoms with van der Waals surface area (Å²) in [6.07, 6.45) is 1.11. The summed E-state index contributed by atoms with van der Waals surface area (Å²) in [7, 11) is 1.72. The van der Waals surface area contributed by atoms with Gasteiger partial charge in [-0.3, -0.25) is 9.89 Å². The molecule has 1 unspecified atom stereocenters. The van der Waals surface area contributed by atoms with E-state index in [1.807, 2.05) is 23.9 Å². The first kappa shape index (κ1) is 22.8. The van der Waals surface area contributed by atoms with Crippen molar-refractivity contribution >= 4 is 17.7 Å². The van der Waals surface area contributed by atoms with Crippen LogP contribution in [-0.4, -0.2) is 76.2 Å². The van der Waals surface area contributed by atoms with Gasteiger partial charge in [0.15, 0.2) is 5.96 Å². The number of guanidine groups is 1. The molecule has 0 saturated carbocycles. The first-order chi connectivity index (χ1) is 13.7. The molecular weight excluding hydrogens is 372 g/mol. The van der Waals surface area contributed by atoms with Gasteiger partial charge in [0.25, 0.3) is 0 Å². The normalized spacial score (nSPS) is 16.6. The van der Waals surface area contributed by atoms with Gasteiger partial charge in [0.1, 0.15) is 5.75 Å². The van der Waals surface area contributed by atoms with Crippen LogP contribution in [0.1, 0.15) is 20.3 Å². The van der Waals surface area contributed by atoms with Crippen molar-refractivity contribution in [3.8, 4) is 5.75 Å². The minimum absolute atomic E-state index is 0.485. The summed E-state index contributed by atoms with van der Waals surface area (Å²) < 4.78 is 10.8. The average molecular weight is 409 g/mol. The fourth-order valence-electron chi connectivity index (χ4n) is 2.95. The second-order valence-corrected chi connectivity index (χ2v) is 8.08. The van der Waals surface area contributed by atoms with E-state index in [0.29, 0.717) is 5.92 Å². The van der Waals surface area contributed by atoms with E-state index in [0.717, 1.165) is 76.4 Å². The summed E-state index contributed by atoms with van der Waals surface area (Å²) in [6.45, 7) is 11.9. The van der Waals surface area contributed by atoms with Gasteiger partial charge in [-0.1, -0.05) is 19.1 Å². The molecule has 2 N–H and O–H groups in total. The van der Waals surface area contributed by atoms with Crippen molar-refractivity contribution < 1.29 is 9.47 Å². The minimum Gasteiger partial charge on any atom is -0.496 e. The second kappa shape index (κ2) is 13.7. The Balaban J connectivity index is 1.69. The van der Waals surface area contributed by atoms with Gasteiger partial charge in [-0.15, -0.1) is 11.8 Å². The van der Waals surface area contributed by atoms with Crippen LogP contribution >= 0.6 is 11.8 Å². The van der Waals surface area contributed by atoms with Gasteiger partial charge in [-0.25, -0.2) is 0 Å². The van der Waals surface area contributed by atoms with Gasteiger partial charge in [0, 0.05) is 43.4 Å². The lowest BCUT2D eigenvalue weighted by Gasteiger charge is -2.26. The second-order valence-electron chi connectivity index (χ2n) is 7.02. The third-order valence-corrected chi connectivity index (χ3v) is 5.93. The van der Waals surface area contributed by atoms with Crippen LogP contribution < -0.4 is 15.4 Å². The van der Waals surface area contributed by atoms with Gasteiger partial charge >= 0.3 is 0 Å². The van der Waals surface area contributed by atoms with E-state index in [9.17, 15) is 0 Å². The zero-order chi connectivity index (χ0) is 20.0. The zero-order valence-electron chi connectivity index (χ0n) is 17.6. The Hall–Kier alpha value is -1.44. The van der Waals surface area contributed by atoms with Crippen LogP contribution in [0.2, 0.25) is 0 Å². The molecule has 1 atom stereocenters. The van der Waals surface area contributed by atoms with Crippen molar-refractivity contribution in [2.24, 2.45) is 10.9 Å². The molecule has 0 aliphatic carbocycles. The molecule has 2 rings (SSSR count). The molecule has 7 heteroatoms. The number of thioether (sulfide) groups is 1. The smallest absolute Gasteiger partial charge is 0.191 e. The first-order valence-electron chi connectivity index (χ1n) is 10.3. The Morgan fingerprint density at radius 1 is 1.29 bits per heavy atom. The maximum absolute atomic E-state index is 5.43. The molecule has 0 bridgehead atoms. The van der Waals surface area contributed by atoms with Crippen molar-refractivity contribution in [3.63, 3.8) is 0 Å². The van der Waals surface area contributed by atoms with Gasteiger partial charge in [0.2, 0.25) is 0 Å². The first-order valence-corrected chi connectivity index (χ1v) is 11.3. The van der Waals surface area contributed by atoms with E-state index in [2.05, 4.69) is 41.5 Å². The summed E-state index contributed by atoms with van der Waals surface area (Å²) >= 11 is 1.83. The van der Waals surface area contributed by atoms with E-state index >= 15 is 0 Å². The van der Waals surface area contributed by atoms with Crippen LogP contribution in [0.25, 0.3) is 0 Å². The molecule has 1 aromatic carbocycles. The molecule has 0 amide bonds. The summed E-state index contributed by atoms with van der Waals surface area (Å²) in [4.78, 5) is 8.42. The quantitative estimate of drug-likeness (QED) is 0.254. The molecule has 6 nitrogen and oxygen atoms in total. The van der Waals surface area contributed by atoms with Gasteiger partial charge < -0.3 is 20.1 Å². The highest BCUT2D eigenvalue weighted by molar-refractivity contribution is 7.99. The van der Waals surface area contributed by atoms with Crippen LogP contribution in [0, 0.1) is 5.92 Å². The van der Waals surface area contributed by atoms with Crippen molar-refractivity contribution in [3.05, 3.63) is 24.3 Å². The third kappa shape index (κ3) is 8.71. The number of methoxy groups -OCH3 is 1. The Morgan fingerprint density at radius 3 is 2.82 bits per heavy atom. The zero-order valence-corrected chi connectivity index (χ0v) is 18.4. The van der Waals surface area contributed by atoms with Crippen LogP contribution in [-0.2, 0) is 4.74 Å². The monoisotopic (exact) mass is 408 g/mol. The van der Waals surface area contributed by atoms with Crippen LogP contribution in [0.4, 0.5) is 0 Å². The fourth-order valence-corrected chi connectivity index (χ4v) is 3.98. The van der Waals surface area contributed by atoms with E-state index in [-0.39, 0.29) is 0 Å². The molecule has 158 valence electrons. The molecule has 1 aromatic rings. The van der Waals surface area contributed by atoms with Gasteiger partial charge in [-0.05, 0) is 37.9 Å². The maximum atomic E-state index is 5.43. The lowest BCUT2D eigenvalue weighted by Crippen LogP contribution is -2.41. The Kier molecular flexibility index (Phi) is 11.2. The van der Waals surface area contributed by atoms with Crippen molar-refractivity contribution in [1.29, 1.82) is 0 Å². The molecular formula is C21H36N4O2S. The van der Waals surface area contributed by atoms with Crippen molar-refractivity contribution in [2.75, 3.05) is 65.3 Å². The summed E-state index contributed by atoms with van der Waals surface area (Å²) in [6, 6.07) is 8.18. The molecule has 1 aliphatic heterocycles. The number of hydrogen-bond donors (Lipinski definition) is 2. The van der Waals surface area contributed by atoms with Crippen LogP contribution in [0.5, 0.6) is 5.75 Å².